The van der Waals surface area contributed by atoms with E-state index in [4.69, 9.17) is 33.7 Å². The maximum Gasteiger partial charge on any atom is 0.337 e. The Hall–Kier alpha value is -2.14. The van der Waals surface area contributed by atoms with Gasteiger partial charge in [0.1, 0.15) is 5.82 Å². The van der Waals surface area contributed by atoms with Crippen LogP contribution < -0.4 is 5.73 Å². The lowest BCUT2D eigenvalue weighted by Crippen LogP contribution is -2.38. The molecule has 1 saturated heterocycles. The van der Waals surface area contributed by atoms with Crippen molar-refractivity contribution >= 4 is 46.8 Å². The number of carbonyl (C=O) groups excluding carboxylic acids is 2. The number of thioether (sulfide) groups is 1. The highest BCUT2D eigenvalue weighted by molar-refractivity contribution is 8.04. The molecule has 0 saturated carbocycles. The number of fused-ring (bicyclic) bond motifs is 1. The van der Waals surface area contributed by atoms with Crippen LogP contribution in [0.15, 0.2) is 40.2 Å². The molecule has 2 aliphatic rings. The minimum atomic E-state index is -0.853. The molecule has 26 heavy (non-hydrogen) atoms. The van der Waals surface area contributed by atoms with E-state index in [2.05, 4.69) is 0 Å². The highest BCUT2D eigenvalue weighted by Crippen LogP contribution is 2.50. The van der Waals surface area contributed by atoms with E-state index in [0.717, 1.165) is 0 Å². The summed E-state index contributed by atoms with van der Waals surface area (Å²) in [6.45, 7) is 1.71. The zero-order valence-corrected chi connectivity index (χ0v) is 16.1. The number of hydrogen-bond donors (Lipinski definition) is 1. The van der Waals surface area contributed by atoms with Crippen LogP contribution in [0.2, 0.25) is 10.0 Å². The number of ether oxygens (including phenoxy) is 1. The van der Waals surface area contributed by atoms with Crippen molar-refractivity contribution in [3.05, 3.63) is 55.8 Å². The molecule has 1 fully saturated rings. The fraction of sp³-hybridized carbons (Fsp3) is 0.235. The summed E-state index contributed by atoms with van der Waals surface area (Å²) in [5.41, 5.74) is 6.83. The summed E-state index contributed by atoms with van der Waals surface area (Å²) >= 11 is 13.5. The SMILES string of the molecule is COC(=O)C1=C2S[C@@H](C)C(=O)N2C(N)=C(C#N)[C@@H]1c1ccc(Cl)cc1Cl. The standard InChI is InChI=1S/C17H13Cl2N3O3S/c1-7-15(23)22-14(21)10(6-20)12(9-4-3-8(18)5-11(9)19)13(16(22)26-7)17(24)25-2/h3-5,7,12H,21H2,1-2H3/t7-,12-/m0/s1. The monoisotopic (exact) mass is 409 g/mol. The second kappa shape index (κ2) is 6.88. The lowest BCUT2D eigenvalue weighted by molar-refractivity contribution is -0.136. The van der Waals surface area contributed by atoms with Crippen LogP contribution in [0, 0.1) is 11.3 Å². The summed E-state index contributed by atoms with van der Waals surface area (Å²) in [5, 5.41) is 10.3. The molecule has 0 bridgehead atoms. The van der Waals surface area contributed by atoms with Crippen molar-refractivity contribution in [2.24, 2.45) is 5.73 Å². The van der Waals surface area contributed by atoms with Crippen molar-refractivity contribution in [2.45, 2.75) is 18.1 Å². The molecular formula is C17H13Cl2N3O3S. The fourth-order valence-electron chi connectivity index (χ4n) is 2.98. The van der Waals surface area contributed by atoms with Gasteiger partial charge in [0.25, 0.3) is 0 Å². The van der Waals surface area contributed by atoms with Gasteiger partial charge in [-0.2, -0.15) is 5.26 Å². The largest absolute Gasteiger partial charge is 0.466 e. The molecule has 2 atom stereocenters. The van der Waals surface area contributed by atoms with E-state index < -0.39 is 17.1 Å². The van der Waals surface area contributed by atoms with Crippen molar-refractivity contribution in [3.63, 3.8) is 0 Å². The summed E-state index contributed by atoms with van der Waals surface area (Å²) in [6, 6.07) is 6.77. The van der Waals surface area contributed by atoms with Gasteiger partial charge < -0.3 is 10.5 Å². The summed E-state index contributed by atoms with van der Waals surface area (Å²) < 4.78 is 4.92. The van der Waals surface area contributed by atoms with Crippen LogP contribution in [0.25, 0.3) is 0 Å². The first-order chi connectivity index (χ1) is 12.3. The average Bonchev–Trinajstić information content (AvgIpc) is 2.89. The number of halogens is 2. The predicted molar refractivity (Wildman–Crippen MR) is 99.0 cm³/mol. The summed E-state index contributed by atoms with van der Waals surface area (Å²) in [6.07, 6.45) is 0. The van der Waals surface area contributed by atoms with Crippen LogP contribution in [0.5, 0.6) is 0 Å². The van der Waals surface area contributed by atoms with Crippen molar-refractivity contribution in [3.8, 4) is 6.07 Å². The van der Waals surface area contributed by atoms with Crippen LogP contribution in [0.1, 0.15) is 18.4 Å². The van der Waals surface area contributed by atoms with Crippen LogP contribution in [-0.2, 0) is 14.3 Å². The lowest BCUT2D eigenvalue weighted by Gasteiger charge is -2.31. The maximum atomic E-state index is 12.6. The third-order valence-electron chi connectivity index (χ3n) is 4.18. The van der Waals surface area contributed by atoms with Gasteiger partial charge in [0.05, 0.1) is 40.5 Å². The number of allylic oxidation sites excluding steroid dienone is 1. The first-order valence-corrected chi connectivity index (χ1v) is 9.13. The number of rotatable bonds is 2. The van der Waals surface area contributed by atoms with Gasteiger partial charge in [-0.05, 0) is 24.6 Å². The van der Waals surface area contributed by atoms with Gasteiger partial charge in [0.15, 0.2) is 0 Å². The molecule has 1 aromatic carbocycles. The number of methoxy groups -OCH3 is 1. The quantitative estimate of drug-likeness (QED) is 0.753. The van der Waals surface area contributed by atoms with Crippen LogP contribution in [-0.4, -0.2) is 29.1 Å². The fourth-order valence-corrected chi connectivity index (χ4v) is 4.66. The Bertz CT molecular complexity index is 936. The molecule has 0 aliphatic carbocycles. The normalized spacial score (nSPS) is 22.4. The Morgan fingerprint density at radius 3 is 2.69 bits per heavy atom. The number of nitrogens with zero attached hydrogens (tertiary/aromatic N) is 2. The Labute approximate surface area is 164 Å². The van der Waals surface area contributed by atoms with E-state index in [-0.39, 0.29) is 27.9 Å². The first kappa shape index (κ1) is 18.6. The minimum Gasteiger partial charge on any atom is -0.466 e. The van der Waals surface area contributed by atoms with Gasteiger partial charge in [-0.15, -0.1) is 0 Å². The smallest absolute Gasteiger partial charge is 0.337 e. The number of benzene rings is 1. The molecule has 2 heterocycles. The third kappa shape index (κ3) is 2.75. The molecular weight excluding hydrogens is 397 g/mol. The first-order valence-electron chi connectivity index (χ1n) is 7.49. The lowest BCUT2D eigenvalue weighted by atomic mass is 9.83. The molecule has 0 unspecified atom stereocenters. The van der Waals surface area contributed by atoms with E-state index in [1.54, 1.807) is 19.1 Å². The molecule has 3 rings (SSSR count). The number of nitrogens with two attached hydrogens (primary N) is 1. The van der Waals surface area contributed by atoms with Crippen LogP contribution in [0.3, 0.4) is 0 Å². The van der Waals surface area contributed by atoms with Crippen molar-refractivity contribution in [1.29, 1.82) is 5.26 Å². The number of nitriles is 1. The number of esters is 1. The zero-order chi connectivity index (χ0) is 19.2. The van der Waals surface area contributed by atoms with Crippen molar-refractivity contribution < 1.29 is 14.3 Å². The van der Waals surface area contributed by atoms with E-state index in [1.165, 1.54) is 29.8 Å². The minimum absolute atomic E-state index is 0.00646. The molecule has 2 aliphatic heterocycles. The number of hydrogen-bond acceptors (Lipinski definition) is 6. The van der Waals surface area contributed by atoms with Gasteiger partial charge in [0.2, 0.25) is 5.91 Å². The summed E-state index contributed by atoms with van der Waals surface area (Å²) in [4.78, 5) is 26.3. The molecule has 1 aromatic rings. The Balaban J connectivity index is 2.33. The van der Waals surface area contributed by atoms with Crippen LogP contribution in [0.4, 0.5) is 0 Å². The second-order valence-corrected chi connectivity index (χ2v) is 7.83. The molecule has 0 aromatic heterocycles. The molecule has 0 radical (unpaired) electrons. The predicted octanol–water partition coefficient (Wildman–Crippen LogP) is 3.13. The highest BCUT2D eigenvalue weighted by atomic mass is 35.5. The van der Waals surface area contributed by atoms with Gasteiger partial charge in [-0.25, -0.2) is 4.79 Å². The second-order valence-electron chi connectivity index (χ2n) is 5.65. The molecule has 1 amide bonds. The van der Waals surface area contributed by atoms with E-state index in [0.29, 0.717) is 15.6 Å². The van der Waals surface area contributed by atoms with Crippen molar-refractivity contribution in [1.82, 2.24) is 4.90 Å². The maximum absolute atomic E-state index is 12.6. The Kier molecular flexibility index (Phi) is 4.93. The molecule has 0 spiro atoms. The molecule has 2 N–H and O–H groups in total. The van der Waals surface area contributed by atoms with Crippen LogP contribution >= 0.6 is 35.0 Å². The average molecular weight is 410 g/mol. The van der Waals surface area contributed by atoms with E-state index >= 15 is 0 Å². The van der Waals surface area contributed by atoms with Gasteiger partial charge >= 0.3 is 5.97 Å². The Morgan fingerprint density at radius 2 is 2.12 bits per heavy atom. The topological polar surface area (TPSA) is 96.4 Å². The third-order valence-corrected chi connectivity index (χ3v) is 5.93. The number of carbonyl (C=O) groups is 2. The summed E-state index contributed by atoms with van der Waals surface area (Å²) in [7, 11) is 1.24. The van der Waals surface area contributed by atoms with Crippen molar-refractivity contribution in [2.75, 3.05) is 7.11 Å². The van der Waals surface area contributed by atoms with E-state index in [9.17, 15) is 14.9 Å². The summed E-state index contributed by atoms with van der Waals surface area (Å²) in [5.74, 6) is -1.81. The van der Waals surface area contributed by atoms with Gasteiger partial charge in [-0.1, -0.05) is 41.0 Å². The highest BCUT2D eigenvalue weighted by Gasteiger charge is 2.47. The zero-order valence-electron chi connectivity index (χ0n) is 13.7. The molecule has 134 valence electrons. The Morgan fingerprint density at radius 1 is 1.42 bits per heavy atom. The van der Waals surface area contributed by atoms with E-state index in [1.807, 2.05) is 6.07 Å². The molecule has 9 heteroatoms. The molecule has 6 nitrogen and oxygen atoms in total. The number of amides is 1. The van der Waals surface area contributed by atoms with Gasteiger partial charge in [0, 0.05) is 10.0 Å². The van der Waals surface area contributed by atoms with Gasteiger partial charge in [-0.3, -0.25) is 9.69 Å².